The average molecular weight is 464 g/mol. The van der Waals surface area contributed by atoms with E-state index in [9.17, 15) is 14.9 Å². The lowest BCUT2D eigenvalue weighted by Crippen LogP contribution is -2.08. The lowest BCUT2D eigenvalue weighted by atomic mass is 9.93. The average Bonchev–Trinajstić information content (AvgIpc) is 2.91. The highest BCUT2D eigenvalue weighted by Crippen LogP contribution is 2.25. The van der Waals surface area contributed by atoms with Gasteiger partial charge < -0.3 is 9.47 Å². The van der Waals surface area contributed by atoms with Crippen LogP contribution in [0.3, 0.4) is 0 Å². The summed E-state index contributed by atoms with van der Waals surface area (Å²) in [5, 5.41) is 9.68. The van der Waals surface area contributed by atoms with Gasteiger partial charge in [0.25, 0.3) is 0 Å². The minimum absolute atomic E-state index is 0.387. The van der Waals surface area contributed by atoms with E-state index >= 15 is 0 Å². The molecule has 0 amide bonds. The quantitative estimate of drug-likeness (QED) is 0.151. The second-order valence-electron chi connectivity index (χ2n) is 7.65. The molecule has 0 heterocycles. The number of esters is 2. The molecule has 0 N–H and O–H groups in total. The first-order valence-corrected chi connectivity index (χ1v) is 11.1. The van der Waals surface area contributed by atoms with E-state index in [4.69, 9.17) is 9.47 Å². The van der Waals surface area contributed by atoms with Crippen molar-refractivity contribution in [2.75, 3.05) is 0 Å². The van der Waals surface area contributed by atoms with E-state index in [-0.39, 0.29) is 0 Å². The highest BCUT2D eigenvalue weighted by Gasteiger charge is 2.13. The maximum absolute atomic E-state index is 12.2. The number of carbonyl (C=O) groups is 2. The Balaban J connectivity index is 1.57. The largest absolute Gasteiger partial charge is 0.423 e. The Morgan fingerprint density at radius 1 is 0.886 bits per heavy atom. The van der Waals surface area contributed by atoms with Gasteiger partial charge in [-0.25, -0.2) is 9.59 Å². The van der Waals surface area contributed by atoms with Crippen LogP contribution in [0, 0.1) is 11.3 Å². The molecule has 0 aliphatic rings. The highest BCUT2D eigenvalue weighted by molar-refractivity contribution is 5.91. The predicted molar refractivity (Wildman–Crippen MR) is 135 cm³/mol. The van der Waals surface area contributed by atoms with Gasteiger partial charge in [-0.1, -0.05) is 66.8 Å². The van der Waals surface area contributed by atoms with Gasteiger partial charge in [0.2, 0.25) is 0 Å². The number of nitrogens with zero attached hydrogens (tertiary/aromatic N) is 1. The number of allylic oxidation sites excluding steroid dienone is 4. The highest BCUT2D eigenvalue weighted by atomic mass is 16.5. The topological polar surface area (TPSA) is 76.4 Å². The number of carbonyl (C=O) groups excluding carboxylic acids is 2. The van der Waals surface area contributed by atoms with Gasteiger partial charge in [-0.2, -0.15) is 5.26 Å². The molecule has 35 heavy (non-hydrogen) atoms. The molecule has 0 aliphatic heterocycles. The van der Waals surface area contributed by atoms with E-state index in [0.717, 1.165) is 5.56 Å². The smallest absolute Gasteiger partial charge is 0.343 e. The zero-order valence-corrected chi connectivity index (χ0v) is 19.4. The zero-order chi connectivity index (χ0) is 25.0. The molecule has 1 atom stereocenters. The first kappa shape index (κ1) is 24.9. The summed E-state index contributed by atoms with van der Waals surface area (Å²) >= 11 is 0. The van der Waals surface area contributed by atoms with E-state index in [1.807, 2.05) is 12.1 Å². The number of nitriles is 1. The van der Waals surface area contributed by atoms with Crippen LogP contribution in [0.4, 0.5) is 0 Å². The van der Waals surface area contributed by atoms with Gasteiger partial charge in [0.05, 0.1) is 23.1 Å². The molecule has 0 aromatic heterocycles. The summed E-state index contributed by atoms with van der Waals surface area (Å²) in [6, 6.07) is 26.6. The molecule has 0 saturated carbocycles. The number of ether oxygens (including phenoxy) is 2. The molecule has 0 saturated heterocycles. The van der Waals surface area contributed by atoms with Crippen molar-refractivity contribution in [3.05, 3.63) is 138 Å². The molecule has 0 spiro atoms. The van der Waals surface area contributed by atoms with Crippen LogP contribution in [0.25, 0.3) is 0 Å². The predicted octanol–water partition coefficient (Wildman–Crippen LogP) is 6.78. The number of hydrogen-bond donors (Lipinski definition) is 0. The van der Waals surface area contributed by atoms with Crippen LogP contribution in [-0.4, -0.2) is 11.9 Å². The maximum atomic E-state index is 12.2. The van der Waals surface area contributed by atoms with Gasteiger partial charge in [0.15, 0.2) is 0 Å². The molecule has 3 rings (SSSR count). The van der Waals surface area contributed by atoms with Crippen LogP contribution in [0.15, 0.2) is 121 Å². The lowest BCUT2D eigenvalue weighted by Gasteiger charge is -2.11. The summed E-state index contributed by atoms with van der Waals surface area (Å²) in [5.74, 6) is -0.542. The van der Waals surface area contributed by atoms with Crippen molar-refractivity contribution < 1.29 is 19.1 Å². The van der Waals surface area contributed by atoms with Gasteiger partial charge in [-0.3, -0.25) is 0 Å². The molecule has 3 aromatic rings. The first-order valence-electron chi connectivity index (χ1n) is 11.1. The molecule has 0 aliphatic carbocycles. The van der Waals surface area contributed by atoms with E-state index < -0.39 is 17.9 Å². The molecule has 0 fully saturated rings. The third kappa shape index (κ3) is 7.41. The first-order chi connectivity index (χ1) is 17.0. The molecule has 3 aromatic carbocycles. The van der Waals surface area contributed by atoms with Gasteiger partial charge in [0, 0.05) is 0 Å². The molecule has 1 unspecified atom stereocenters. The van der Waals surface area contributed by atoms with Crippen LogP contribution in [0.5, 0.6) is 5.75 Å². The van der Waals surface area contributed by atoms with Crippen LogP contribution in [0.1, 0.15) is 45.5 Å². The zero-order valence-electron chi connectivity index (χ0n) is 19.4. The normalized spacial score (nSPS) is 11.9. The molecule has 5 heteroatoms. The van der Waals surface area contributed by atoms with Crippen molar-refractivity contribution >= 4 is 11.9 Å². The van der Waals surface area contributed by atoms with Gasteiger partial charge in [0.1, 0.15) is 11.5 Å². The SMILES string of the molecule is C=C(/C=C\C(=C/C)OC(=O)c1ccccc1)CC(C#N)c1ccc(OC(=O)c2ccccc2)cc1. The Morgan fingerprint density at radius 3 is 2.00 bits per heavy atom. The van der Waals surface area contributed by atoms with Crippen LogP contribution in [-0.2, 0) is 4.74 Å². The summed E-state index contributed by atoms with van der Waals surface area (Å²) in [6.45, 7) is 5.80. The summed E-state index contributed by atoms with van der Waals surface area (Å²) < 4.78 is 10.8. The van der Waals surface area contributed by atoms with Gasteiger partial charge in [-0.15, -0.1) is 0 Å². The Bertz CT molecular complexity index is 1270. The van der Waals surface area contributed by atoms with Crippen molar-refractivity contribution in [2.24, 2.45) is 0 Å². The van der Waals surface area contributed by atoms with Crippen LogP contribution in [0.2, 0.25) is 0 Å². The molecule has 174 valence electrons. The van der Waals surface area contributed by atoms with Crippen molar-refractivity contribution in [1.82, 2.24) is 0 Å². The number of benzene rings is 3. The summed E-state index contributed by atoms with van der Waals surface area (Å²) in [7, 11) is 0. The summed E-state index contributed by atoms with van der Waals surface area (Å²) in [5.41, 5.74) is 2.40. The van der Waals surface area contributed by atoms with Crippen molar-refractivity contribution in [2.45, 2.75) is 19.3 Å². The van der Waals surface area contributed by atoms with Crippen LogP contribution < -0.4 is 4.74 Å². The van der Waals surface area contributed by atoms with E-state index in [0.29, 0.717) is 34.6 Å². The van der Waals surface area contributed by atoms with E-state index in [2.05, 4.69) is 12.6 Å². The summed E-state index contributed by atoms with van der Waals surface area (Å²) in [4.78, 5) is 24.5. The fourth-order valence-electron chi connectivity index (χ4n) is 3.21. The lowest BCUT2D eigenvalue weighted by molar-refractivity contribution is 0.0635. The van der Waals surface area contributed by atoms with Crippen LogP contribution >= 0.6 is 0 Å². The minimum Gasteiger partial charge on any atom is -0.423 e. The number of hydrogen-bond acceptors (Lipinski definition) is 5. The fraction of sp³-hybridized carbons (Fsp3) is 0.100. The Morgan fingerprint density at radius 2 is 1.46 bits per heavy atom. The van der Waals surface area contributed by atoms with E-state index in [1.165, 1.54) is 0 Å². The Hall–Kier alpha value is -4.69. The second-order valence-corrected chi connectivity index (χ2v) is 7.65. The van der Waals surface area contributed by atoms with Gasteiger partial charge >= 0.3 is 11.9 Å². The Labute approximate surface area is 205 Å². The summed E-state index contributed by atoms with van der Waals surface area (Å²) in [6.07, 6.45) is 5.46. The van der Waals surface area contributed by atoms with Crippen molar-refractivity contribution in [3.63, 3.8) is 0 Å². The molecular formula is C30H25NO4. The molecule has 5 nitrogen and oxygen atoms in total. The standard InChI is InChI=1S/C30H25NO4/c1-3-27(34-29(32)24-10-6-4-7-11-24)17-14-22(2)20-26(21-31)23-15-18-28(19-16-23)35-30(33)25-12-8-5-9-13-25/h3-19,26H,2,20H2,1H3/b17-14-,27-3+. The monoisotopic (exact) mass is 463 g/mol. The molecule has 0 bridgehead atoms. The molecular weight excluding hydrogens is 438 g/mol. The van der Waals surface area contributed by atoms with E-state index in [1.54, 1.807) is 97.9 Å². The Kier molecular flexibility index (Phi) is 8.92. The van der Waals surface area contributed by atoms with Crippen molar-refractivity contribution in [1.29, 1.82) is 5.26 Å². The molecule has 0 radical (unpaired) electrons. The maximum Gasteiger partial charge on any atom is 0.343 e. The third-order valence-electron chi connectivity index (χ3n) is 5.11. The minimum atomic E-state index is -0.447. The van der Waals surface area contributed by atoms with Crippen molar-refractivity contribution in [3.8, 4) is 11.8 Å². The second kappa shape index (κ2) is 12.5. The fourth-order valence-corrected chi connectivity index (χ4v) is 3.21. The third-order valence-corrected chi connectivity index (χ3v) is 5.11. The van der Waals surface area contributed by atoms with Gasteiger partial charge in [-0.05, 0) is 67.5 Å². The number of rotatable bonds is 9.